The normalized spacial score (nSPS) is 16.0. The van der Waals surface area contributed by atoms with Crippen LogP contribution in [0.25, 0.3) is 6.08 Å². The standard InChI is InChI=1S/C17H14ClNO4S2/c1-21-13-6-10(12(18)8-14(13)22-2)7-15-16(20)19(17(24)25-15)9-11-4-3-5-23-11/h3-8H,9H2,1-2H3/b15-7+. The van der Waals surface area contributed by atoms with E-state index in [1.165, 1.54) is 23.8 Å². The van der Waals surface area contributed by atoms with Crippen molar-refractivity contribution in [3.8, 4) is 11.5 Å². The van der Waals surface area contributed by atoms with E-state index in [1.807, 2.05) is 0 Å². The molecule has 1 fully saturated rings. The van der Waals surface area contributed by atoms with Gasteiger partial charge in [-0.1, -0.05) is 35.6 Å². The lowest BCUT2D eigenvalue weighted by molar-refractivity contribution is -0.122. The van der Waals surface area contributed by atoms with Crippen LogP contribution in [0.2, 0.25) is 5.02 Å². The summed E-state index contributed by atoms with van der Waals surface area (Å²) in [5.74, 6) is 1.54. The number of hydrogen-bond acceptors (Lipinski definition) is 6. The van der Waals surface area contributed by atoms with E-state index in [0.717, 1.165) is 0 Å². The number of amides is 1. The summed E-state index contributed by atoms with van der Waals surface area (Å²) in [4.78, 5) is 14.6. The highest BCUT2D eigenvalue weighted by molar-refractivity contribution is 8.26. The zero-order chi connectivity index (χ0) is 18.0. The third-order valence-electron chi connectivity index (χ3n) is 3.56. The van der Waals surface area contributed by atoms with E-state index in [4.69, 9.17) is 37.7 Å². The van der Waals surface area contributed by atoms with Crippen LogP contribution in [0.4, 0.5) is 0 Å². The number of carbonyl (C=O) groups excluding carboxylic acids is 1. The molecule has 0 unspecified atom stereocenters. The van der Waals surface area contributed by atoms with Crippen molar-refractivity contribution in [1.29, 1.82) is 0 Å². The highest BCUT2D eigenvalue weighted by atomic mass is 35.5. The van der Waals surface area contributed by atoms with Crippen LogP contribution in [0.15, 0.2) is 39.9 Å². The van der Waals surface area contributed by atoms with Crippen LogP contribution in [-0.4, -0.2) is 29.3 Å². The van der Waals surface area contributed by atoms with Gasteiger partial charge in [0.2, 0.25) is 0 Å². The van der Waals surface area contributed by atoms with Crippen molar-refractivity contribution in [3.63, 3.8) is 0 Å². The van der Waals surface area contributed by atoms with Gasteiger partial charge in [0, 0.05) is 6.07 Å². The van der Waals surface area contributed by atoms with Gasteiger partial charge in [-0.2, -0.15) is 0 Å². The second-order valence-corrected chi connectivity index (χ2v) is 7.16. The van der Waals surface area contributed by atoms with Crippen LogP contribution < -0.4 is 9.47 Å². The quantitative estimate of drug-likeness (QED) is 0.554. The van der Waals surface area contributed by atoms with Crippen LogP contribution >= 0.6 is 35.6 Å². The second kappa shape index (κ2) is 7.51. The predicted molar refractivity (Wildman–Crippen MR) is 102 cm³/mol. The smallest absolute Gasteiger partial charge is 0.266 e. The maximum Gasteiger partial charge on any atom is 0.266 e. The molecule has 1 aliphatic rings. The predicted octanol–water partition coefficient (Wildman–Crippen LogP) is 4.35. The molecule has 3 rings (SSSR count). The molecule has 0 aliphatic carbocycles. The van der Waals surface area contributed by atoms with Gasteiger partial charge in [-0.25, -0.2) is 0 Å². The Hall–Kier alpha value is -1.96. The van der Waals surface area contributed by atoms with Crippen LogP contribution in [-0.2, 0) is 11.3 Å². The van der Waals surface area contributed by atoms with E-state index in [0.29, 0.717) is 43.6 Å². The number of thiocarbonyl (C=S) groups is 1. The molecule has 130 valence electrons. The number of hydrogen-bond donors (Lipinski definition) is 0. The maximum atomic E-state index is 12.6. The molecular formula is C17H14ClNO4S2. The molecule has 0 spiro atoms. The SMILES string of the molecule is COc1cc(Cl)c(/C=C2/SC(=S)N(Cc3ccco3)C2=O)cc1OC. The Morgan fingerprint density at radius 3 is 2.68 bits per heavy atom. The molecule has 1 aromatic carbocycles. The summed E-state index contributed by atoms with van der Waals surface area (Å²) in [6.45, 7) is 0.300. The molecular weight excluding hydrogens is 382 g/mol. The summed E-state index contributed by atoms with van der Waals surface area (Å²) in [6.07, 6.45) is 3.26. The summed E-state index contributed by atoms with van der Waals surface area (Å²) in [5, 5.41) is 0.453. The molecule has 0 N–H and O–H groups in total. The van der Waals surface area contributed by atoms with Crippen LogP contribution in [0, 0.1) is 0 Å². The third kappa shape index (κ3) is 3.68. The average Bonchev–Trinajstić information content (AvgIpc) is 3.20. The average molecular weight is 396 g/mol. The number of carbonyl (C=O) groups is 1. The molecule has 8 heteroatoms. The lowest BCUT2D eigenvalue weighted by atomic mass is 10.1. The van der Waals surface area contributed by atoms with Crippen molar-refractivity contribution < 1.29 is 18.7 Å². The van der Waals surface area contributed by atoms with E-state index in [2.05, 4.69) is 0 Å². The summed E-state index contributed by atoms with van der Waals surface area (Å²) in [5.41, 5.74) is 0.651. The minimum atomic E-state index is -0.183. The summed E-state index contributed by atoms with van der Waals surface area (Å²) in [7, 11) is 3.08. The van der Waals surface area contributed by atoms with Crippen LogP contribution in [0.1, 0.15) is 11.3 Å². The van der Waals surface area contributed by atoms with Crippen LogP contribution in [0.3, 0.4) is 0 Å². The topological polar surface area (TPSA) is 51.9 Å². The van der Waals surface area contributed by atoms with Gasteiger partial charge in [-0.05, 0) is 29.8 Å². The van der Waals surface area contributed by atoms with Gasteiger partial charge in [0.25, 0.3) is 5.91 Å². The number of thioether (sulfide) groups is 1. The highest BCUT2D eigenvalue weighted by Gasteiger charge is 2.32. The molecule has 0 radical (unpaired) electrons. The van der Waals surface area contributed by atoms with E-state index < -0.39 is 0 Å². The van der Waals surface area contributed by atoms with Gasteiger partial charge >= 0.3 is 0 Å². The van der Waals surface area contributed by atoms with Crippen LogP contribution in [0.5, 0.6) is 11.5 Å². The molecule has 25 heavy (non-hydrogen) atoms. The first-order chi connectivity index (χ1) is 12.0. The fourth-order valence-electron chi connectivity index (χ4n) is 2.32. The molecule has 1 saturated heterocycles. The van der Waals surface area contributed by atoms with E-state index in [1.54, 1.807) is 43.7 Å². The maximum absolute atomic E-state index is 12.6. The minimum Gasteiger partial charge on any atom is -0.493 e. The molecule has 1 aromatic heterocycles. The number of ether oxygens (including phenoxy) is 2. The number of methoxy groups -OCH3 is 2. The Kier molecular flexibility index (Phi) is 5.36. The lowest BCUT2D eigenvalue weighted by Gasteiger charge is -2.12. The first-order valence-electron chi connectivity index (χ1n) is 7.22. The summed E-state index contributed by atoms with van der Waals surface area (Å²) < 4.78 is 16.3. The number of furan rings is 1. The summed E-state index contributed by atoms with van der Waals surface area (Å²) in [6, 6.07) is 6.94. The molecule has 0 atom stereocenters. The fourth-order valence-corrected chi connectivity index (χ4v) is 3.77. The van der Waals surface area contributed by atoms with E-state index in [9.17, 15) is 4.79 Å². The monoisotopic (exact) mass is 395 g/mol. The lowest BCUT2D eigenvalue weighted by Crippen LogP contribution is -2.27. The van der Waals surface area contributed by atoms with Gasteiger partial charge in [0.05, 0.1) is 37.0 Å². The highest BCUT2D eigenvalue weighted by Crippen LogP contribution is 2.38. The molecule has 0 bridgehead atoms. The Bertz CT molecular complexity index is 849. The van der Waals surface area contributed by atoms with Crippen molar-refractivity contribution in [3.05, 3.63) is 51.8 Å². The van der Waals surface area contributed by atoms with Crippen molar-refractivity contribution in [2.45, 2.75) is 6.54 Å². The molecule has 0 saturated carbocycles. The Labute approximate surface area is 159 Å². The third-order valence-corrected chi connectivity index (χ3v) is 5.26. The Morgan fingerprint density at radius 2 is 2.04 bits per heavy atom. The number of rotatable bonds is 5. The number of halogens is 1. The van der Waals surface area contributed by atoms with E-state index >= 15 is 0 Å². The molecule has 2 heterocycles. The zero-order valence-corrected chi connectivity index (χ0v) is 15.8. The largest absolute Gasteiger partial charge is 0.493 e. The van der Waals surface area contributed by atoms with Gasteiger partial charge in [-0.3, -0.25) is 9.69 Å². The van der Waals surface area contributed by atoms with Gasteiger partial charge < -0.3 is 13.9 Å². The fraction of sp³-hybridized carbons (Fsp3) is 0.176. The van der Waals surface area contributed by atoms with Crippen molar-refractivity contribution in [2.24, 2.45) is 0 Å². The zero-order valence-electron chi connectivity index (χ0n) is 13.4. The molecule has 2 aromatic rings. The first-order valence-corrected chi connectivity index (χ1v) is 8.83. The second-order valence-electron chi connectivity index (χ2n) is 5.08. The summed E-state index contributed by atoms with van der Waals surface area (Å²) >= 11 is 12.8. The van der Waals surface area contributed by atoms with Crippen molar-refractivity contribution in [1.82, 2.24) is 4.90 Å². The Morgan fingerprint density at radius 1 is 1.32 bits per heavy atom. The van der Waals surface area contributed by atoms with Gasteiger partial charge in [0.15, 0.2) is 11.5 Å². The van der Waals surface area contributed by atoms with Gasteiger partial charge in [0.1, 0.15) is 10.1 Å². The Balaban J connectivity index is 1.89. The van der Waals surface area contributed by atoms with Gasteiger partial charge in [-0.15, -0.1) is 0 Å². The molecule has 1 aliphatic heterocycles. The van der Waals surface area contributed by atoms with Crippen molar-refractivity contribution >= 4 is 51.9 Å². The molecule has 5 nitrogen and oxygen atoms in total. The van der Waals surface area contributed by atoms with Crippen molar-refractivity contribution in [2.75, 3.05) is 14.2 Å². The first kappa shape index (κ1) is 17.8. The molecule has 1 amide bonds. The number of benzene rings is 1. The minimum absolute atomic E-state index is 0.183. The number of nitrogens with zero attached hydrogens (tertiary/aromatic N) is 1. The van der Waals surface area contributed by atoms with E-state index in [-0.39, 0.29) is 5.91 Å².